The first-order valence-electron chi connectivity index (χ1n) is 6.52. The number of hydrogen-bond donors (Lipinski definition) is 2. The molecule has 2 amide bonds. The van der Waals surface area contributed by atoms with Crippen LogP contribution in [-0.2, 0) is 4.79 Å². The molecule has 0 aliphatic carbocycles. The molecule has 2 aliphatic heterocycles. The van der Waals surface area contributed by atoms with Gasteiger partial charge >= 0.3 is 12.0 Å². The van der Waals surface area contributed by atoms with Gasteiger partial charge in [-0.05, 0) is 31.6 Å². The van der Waals surface area contributed by atoms with Crippen molar-refractivity contribution in [1.29, 1.82) is 0 Å². The minimum absolute atomic E-state index is 0.156. The molecule has 102 valence electrons. The fourth-order valence-corrected chi connectivity index (χ4v) is 2.74. The van der Waals surface area contributed by atoms with Crippen molar-refractivity contribution in [2.45, 2.75) is 31.7 Å². The second-order valence-corrected chi connectivity index (χ2v) is 5.09. The minimum atomic E-state index is -0.911. The van der Waals surface area contributed by atoms with Crippen molar-refractivity contribution in [2.75, 3.05) is 26.2 Å². The molecule has 0 spiro atoms. The summed E-state index contributed by atoms with van der Waals surface area (Å²) in [6.45, 7) is 1.94. The number of carbonyl (C=O) groups excluding carboxylic acids is 1. The van der Waals surface area contributed by atoms with Gasteiger partial charge in [0.25, 0.3) is 0 Å². The van der Waals surface area contributed by atoms with Gasteiger partial charge in [0.05, 0.1) is 0 Å². The zero-order chi connectivity index (χ0) is 13.1. The Morgan fingerprint density at radius 3 is 2.33 bits per heavy atom. The van der Waals surface area contributed by atoms with Crippen LogP contribution in [0.1, 0.15) is 25.7 Å². The van der Waals surface area contributed by atoms with E-state index in [0.717, 1.165) is 19.3 Å². The van der Waals surface area contributed by atoms with Gasteiger partial charge in [-0.15, -0.1) is 0 Å². The molecule has 2 heterocycles. The molecule has 0 aromatic heterocycles. The lowest BCUT2D eigenvalue weighted by molar-refractivity contribution is -0.141. The minimum Gasteiger partial charge on any atom is -0.480 e. The molecule has 0 aromatic rings. The molecule has 2 saturated heterocycles. The molecule has 18 heavy (non-hydrogen) atoms. The van der Waals surface area contributed by atoms with Crippen LogP contribution in [0.25, 0.3) is 0 Å². The molecule has 6 nitrogen and oxygen atoms in total. The highest BCUT2D eigenvalue weighted by Crippen LogP contribution is 2.22. The molecule has 0 radical (unpaired) electrons. The number of nitrogens with zero attached hydrogens (tertiary/aromatic N) is 2. The third-order valence-electron chi connectivity index (χ3n) is 3.93. The lowest BCUT2D eigenvalue weighted by Crippen LogP contribution is -2.50. The number of aliphatic carboxylic acids is 1. The van der Waals surface area contributed by atoms with Crippen LogP contribution < -0.4 is 0 Å². The number of piperidine rings is 1. The molecule has 2 aliphatic rings. The van der Waals surface area contributed by atoms with E-state index in [2.05, 4.69) is 0 Å². The average Bonchev–Trinajstić information content (AvgIpc) is 2.87. The Balaban J connectivity index is 1.93. The number of aliphatic hydroxyl groups is 1. The molecule has 1 atom stereocenters. The molecule has 0 saturated carbocycles. The van der Waals surface area contributed by atoms with Crippen molar-refractivity contribution < 1.29 is 19.8 Å². The maximum absolute atomic E-state index is 12.2. The number of rotatable bonds is 2. The fraction of sp³-hybridized carbons (Fsp3) is 0.833. The molecule has 0 aromatic carbocycles. The van der Waals surface area contributed by atoms with Gasteiger partial charge in [-0.25, -0.2) is 9.59 Å². The summed E-state index contributed by atoms with van der Waals surface area (Å²) in [4.78, 5) is 26.5. The summed E-state index contributed by atoms with van der Waals surface area (Å²) >= 11 is 0. The Labute approximate surface area is 106 Å². The Hall–Kier alpha value is -1.30. The predicted octanol–water partition coefficient (Wildman–Crippen LogP) is 0.360. The second-order valence-electron chi connectivity index (χ2n) is 5.09. The Morgan fingerprint density at radius 1 is 1.11 bits per heavy atom. The Bertz CT molecular complexity index is 326. The van der Waals surface area contributed by atoms with Crippen LogP contribution in [0.2, 0.25) is 0 Å². The zero-order valence-electron chi connectivity index (χ0n) is 10.4. The lowest BCUT2D eigenvalue weighted by Gasteiger charge is -2.35. The lowest BCUT2D eigenvalue weighted by atomic mass is 9.98. The largest absolute Gasteiger partial charge is 0.480 e. The van der Waals surface area contributed by atoms with Gasteiger partial charge < -0.3 is 20.0 Å². The molecule has 6 heteroatoms. The first-order valence-corrected chi connectivity index (χ1v) is 6.52. The van der Waals surface area contributed by atoms with Gasteiger partial charge in [0, 0.05) is 26.2 Å². The molecule has 0 bridgehead atoms. The van der Waals surface area contributed by atoms with E-state index in [1.165, 1.54) is 4.90 Å². The summed E-state index contributed by atoms with van der Waals surface area (Å²) in [7, 11) is 0. The highest BCUT2D eigenvalue weighted by atomic mass is 16.4. The zero-order valence-corrected chi connectivity index (χ0v) is 10.4. The van der Waals surface area contributed by atoms with Crippen molar-refractivity contribution in [2.24, 2.45) is 5.92 Å². The number of amides is 2. The van der Waals surface area contributed by atoms with E-state index >= 15 is 0 Å². The van der Waals surface area contributed by atoms with Gasteiger partial charge in [0.15, 0.2) is 0 Å². The summed E-state index contributed by atoms with van der Waals surface area (Å²) in [6.07, 6.45) is 2.91. The number of urea groups is 1. The van der Waals surface area contributed by atoms with Crippen molar-refractivity contribution in [3.8, 4) is 0 Å². The van der Waals surface area contributed by atoms with Crippen molar-refractivity contribution in [3.05, 3.63) is 0 Å². The topological polar surface area (TPSA) is 81.1 Å². The number of carboxylic acid groups (broad SMARTS) is 1. The maximum atomic E-state index is 12.2. The Kier molecular flexibility index (Phi) is 4.06. The molecule has 2 fully saturated rings. The number of hydrogen-bond acceptors (Lipinski definition) is 3. The van der Waals surface area contributed by atoms with Crippen LogP contribution in [0, 0.1) is 5.92 Å². The number of aliphatic hydroxyl groups excluding tert-OH is 1. The summed E-state index contributed by atoms with van der Waals surface area (Å²) in [5.74, 6) is -0.631. The number of carbonyl (C=O) groups is 2. The molecule has 0 unspecified atom stereocenters. The summed E-state index contributed by atoms with van der Waals surface area (Å²) in [5, 5.41) is 18.1. The van der Waals surface area contributed by atoms with Crippen LogP contribution in [0.3, 0.4) is 0 Å². The summed E-state index contributed by atoms with van der Waals surface area (Å²) in [6, 6.07) is -0.815. The van der Waals surface area contributed by atoms with Gasteiger partial charge in [0.2, 0.25) is 0 Å². The smallest absolute Gasteiger partial charge is 0.326 e. The van der Waals surface area contributed by atoms with E-state index < -0.39 is 12.0 Å². The van der Waals surface area contributed by atoms with Crippen LogP contribution >= 0.6 is 0 Å². The van der Waals surface area contributed by atoms with Crippen LogP contribution in [-0.4, -0.2) is 64.3 Å². The summed E-state index contributed by atoms with van der Waals surface area (Å²) < 4.78 is 0. The van der Waals surface area contributed by atoms with E-state index in [0.29, 0.717) is 26.1 Å². The van der Waals surface area contributed by atoms with Crippen molar-refractivity contribution in [1.82, 2.24) is 9.80 Å². The van der Waals surface area contributed by atoms with Gasteiger partial charge in [0.1, 0.15) is 6.04 Å². The van der Waals surface area contributed by atoms with E-state index in [-0.39, 0.29) is 18.6 Å². The molecule has 2 N–H and O–H groups in total. The van der Waals surface area contributed by atoms with Crippen LogP contribution in [0.15, 0.2) is 0 Å². The van der Waals surface area contributed by atoms with Gasteiger partial charge in [-0.1, -0.05) is 0 Å². The Morgan fingerprint density at radius 2 is 1.78 bits per heavy atom. The van der Waals surface area contributed by atoms with Crippen LogP contribution in [0.4, 0.5) is 4.79 Å². The SMILES string of the molecule is O=C(O)[C@H]1CCCN1C(=O)N1CCC(CO)CC1. The predicted molar refractivity (Wildman–Crippen MR) is 64.1 cm³/mol. The van der Waals surface area contributed by atoms with Crippen LogP contribution in [0.5, 0.6) is 0 Å². The average molecular weight is 256 g/mol. The molecular formula is C12H20N2O4. The van der Waals surface area contributed by atoms with E-state index in [9.17, 15) is 9.59 Å². The highest BCUT2D eigenvalue weighted by Gasteiger charge is 2.36. The van der Waals surface area contributed by atoms with E-state index in [4.69, 9.17) is 10.2 Å². The second kappa shape index (κ2) is 5.56. The quantitative estimate of drug-likeness (QED) is 0.747. The van der Waals surface area contributed by atoms with Gasteiger partial charge in [-0.2, -0.15) is 0 Å². The molecule has 2 rings (SSSR count). The number of carboxylic acids is 1. The fourth-order valence-electron chi connectivity index (χ4n) is 2.74. The third kappa shape index (κ3) is 2.58. The van der Waals surface area contributed by atoms with E-state index in [1.807, 2.05) is 0 Å². The highest BCUT2D eigenvalue weighted by molar-refractivity contribution is 5.83. The normalized spacial score (nSPS) is 25.5. The van der Waals surface area contributed by atoms with Crippen molar-refractivity contribution in [3.63, 3.8) is 0 Å². The number of likely N-dealkylation sites (tertiary alicyclic amines) is 2. The monoisotopic (exact) mass is 256 g/mol. The standard InChI is InChI=1S/C12H20N2O4/c15-8-9-3-6-13(7-4-9)12(18)14-5-1-2-10(14)11(16)17/h9-10,15H,1-8H2,(H,16,17)/t10-/m1/s1. The molecular weight excluding hydrogens is 236 g/mol. The van der Waals surface area contributed by atoms with E-state index in [1.54, 1.807) is 4.90 Å². The first kappa shape index (κ1) is 13.1. The first-order chi connectivity index (χ1) is 8.63. The van der Waals surface area contributed by atoms with Gasteiger partial charge in [-0.3, -0.25) is 0 Å². The maximum Gasteiger partial charge on any atom is 0.326 e. The summed E-state index contributed by atoms with van der Waals surface area (Å²) in [5.41, 5.74) is 0. The van der Waals surface area contributed by atoms with Crippen molar-refractivity contribution >= 4 is 12.0 Å². The third-order valence-corrected chi connectivity index (χ3v) is 3.93.